The first-order chi connectivity index (χ1) is 16.3. The average molecular weight is 495 g/mol. The van der Waals surface area contributed by atoms with Crippen LogP contribution in [0.1, 0.15) is 17.4 Å². The Hall–Kier alpha value is -3.61. The van der Waals surface area contributed by atoms with Gasteiger partial charge >= 0.3 is 5.97 Å². The molecule has 0 saturated carbocycles. The van der Waals surface area contributed by atoms with Gasteiger partial charge in [-0.15, -0.1) is 0 Å². The highest BCUT2D eigenvalue weighted by atomic mass is 35.5. The van der Waals surface area contributed by atoms with Gasteiger partial charge in [0.25, 0.3) is 11.5 Å². The van der Waals surface area contributed by atoms with Crippen LogP contribution in [0.4, 0.5) is 5.69 Å². The molecule has 1 heterocycles. The average Bonchev–Trinajstić information content (AvgIpc) is 2.84. The largest absolute Gasteiger partial charge is 0.448 e. The Morgan fingerprint density at radius 3 is 2.26 bits per heavy atom. The van der Waals surface area contributed by atoms with Gasteiger partial charge in [-0.1, -0.05) is 77.8 Å². The highest BCUT2D eigenvalue weighted by molar-refractivity contribution is 6.44. The van der Waals surface area contributed by atoms with Crippen molar-refractivity contribution in [1.29, 1.82) is 0 Å². The molecule has 0 aliphatic heterocycles. The summed E-state index contributed by atoms with van der Waals surface area (Å²) < 4.78 is 6.76. The molecule has 0 saturated heterocycles. The zero-order chi connectivity index (χ0) is 24.4. The van der Waals surface area contributed by atoms with Crippen molar-refractivity contribution in [1.82, 2.24) is 4.57 Å². The lowest BCUT2D eigenvalue weighted by Crippen LogP contribution is -2.33. The van der Waals surface area contributed by atoms with E-state index < -0.39 is 18.0 Å². The molecule has 0 aliphatic rings. The Morgan fingerprint density at radius 1 is 0.912 bits per heavy atom. The molecule has 1 aromatic heterocycles. The summed E-state index contributed by atoms with van der Waals surface area (Å²) in [6.07, 6.45) is -1.17. The number of hydrogen-bond donors (Lipinski definition) is 1. The first-order valence-corrected chi connectivity index (χ1v) is 11.2. The fourth-order valence-electron chi connectivity index (χ4n) is 3.71. The van der Waals surface area contributed by atoms with Gasteiger partial charge < -0.3 is 14.6 Å². The lowest BCUT2D eigenvalue weighted by molar-refractivity contribution is -0.123. The van der Waals surface area contributed by atoms with Gasteiger partial charge in [0.15, 0.2) is 6.10 Å². The molecule has 4 rings (SSSR count). The number of pyridine rings is 1. The molecule has 1 N–H and O–H groups in total. The molecule has 0 aliphatic carbocycles. The number of anilines is 1. The van der Waals surface area contributed by atoms with Crippen LogP contribution in [-0.4, -0.2) is 22.5 Å². The fraction of sp³-hybridized carbons (Fsp3) is 0.115. The van der Waals surface area contributed by atoms with E-state index in [1.165, 1.54) is 18.5 Å². The number of amides is 1. The molecule has 0 fully saturated rings. The van der Waals surface area contributed by atoms with E-state index in [0.29, 0.717) is 22.0 Å². The number of aromatic nitrogens is 1. The van der Waals surface area contributed by atoms with Crippen LogP contribution in [0.2, 0.25) is 10.0 Å². The van der Waals surface area contributed by atoms with E-state index in [1.54, 1.807) is 42.5 Å². The second-order valence-corrected chi connectivity index (χ2v) is 8.42. The van der Waals surface area contributed by atoms with Crippen molar-refractivity contribution in [3.8, 4) is 11.1 Å². The number of carbonyl (C=O) groups is 2. The van der Waals surface area contributed by atoms with E-state index in [2.05, 4.69) is 5.32 Å². The van der Waals surface area contributed by atoms with E-state index in [-0.39, 0.29) is 21.3 Å². The number of esters is 1. The third-order valence-electron chi connectivity index (χ3n) is 5.42. The van der Waals surface area contributed by atoms with Crippen LogP contribution in [0.25, 0.3) is 21.9 Å². The Labute approximate surface area is 205 Å². The standard InChI is InChI=1S/C26H20Cl2N2O4/c1-15(24(31)29-20-14-8-13-19(27)22(20)28)34-26(33)23-21(16-9-4-3-5-10-16)17-11-6-7-12-18(17)25(32)30(23)2/h3-15H,1-2H3,(H,29,31). The van der Waals surface area contributed by atoms with Gasteiger partial charge in [0.2, 0.25) is 0 Å². The van der Waals surface area contributed by atoms with Crippen molar-refractivity contribution in [3.05, 3.63) is 98.9 Å². The van der Waals surface area contributed by atoms with E-state index in [4.69, 9.17) is 27.9 Å². The molecule has 4 aromatic rings. The van der Waals surface area contributed by atoms with Crippen molar-refractivity contribution >= 4 is 51.5 Å². The minimum atomic E-state index is -1.17. The van der Waals surface area contributed by atoms with Crippen molar-refractivity contribution in [2.45, 2.75) is 13.0 Å². The second-order valence-electron chi connectivity index (χ2n) is 7.64. The van der Waals surface area contributed by atoms with Crippen LogP contribution >= 0.6 is 23.2 Å². The Balaban J connectivity index is 1.73. The van der Waals surface area contributed by atoms with Crippen LogP contribution in [0.5, 0.6) is 0 Å². The minimum Gasteiger partial charge on any atom is -0.448 e. The molecular formula is C26H20Cl2N2O4. The summed E-state index contributed by atoms with van der Waals surface area (Å²) in [5.41, 5.74) is 1.29. The number of fused-ring (bicyclic) bond motifs is 1. The normalized spacial score (nSPS) is 11.8. The molecule has 1 atom stereocenters. The predicted octanol–water partition coefficient (Wildman–Crippen LogP) is 5.70. The third-order valence-corrected chi connectivity index (χ3v) is 6.24. The number of benzene rings is 3. The Morgan fingerprint density at radius 2 is 1.56 bits per heavy atom. The van der Waals surface area contributed by atoms with Crippen molar-refractivity contribution in [2.75, 3.05) is 5.32 Å². The second kappa shape index (κ2) is 9.71. The molecule has 8 heteroatoms. The number of carbonyl (C=O) groups excluding carboxylic acids is 2. The maximum absolute atomic E-state index is 13.3. The van der Waals surface area contributed by atoms with Crippen molar-refractivity contribution in [2.24, 2.45) is 7.05 Å². The molecule has 1 unspecified atom stereocenters. The van der Waals surface area contributed by atoms with E-state index in [0.717, 1.165) is 5.56 Å². The zero-order valence-corrected chi connectivity index (χ0v) is 19.9. The molecule has 172 valence electrons. The summed E-state index contributed by atoms with van der Waals surface area (Å²) in [5, 5.41) is 4.16. The summed E-state index contributed by atoms with van der Waals surface area (Å²) >= 11 is 12.1. The topological polar surface area (TPSA) is 77.4 Å². The van der Waals surface area contributed by atoms with Crippen LogP contribution in [-0.2, 0) is 16.6 Å². The van der Waals surface area contributed by atoms with Gasteiger partial charge in [0.1, 0.15) is 5.69 Å². The number of ether oxygens (including phenoxy) is 1. The van der Waals surface area contributed by atoms with Gasteiger partial charge in [-0.3, -0.25) is 9.59 Å². The number of halogens is 2. The SMILES string of the molecule is CC(OC(=O)c1c(-c2ccccc2)c2ccccc2c(=O)n1C)C(=O)Nc1cccc(Cl)c1Cl. The quantitative estimate of drug-likeness (QED) is 0.361. The monoisotopic (exact) mass is 494 g/mol. The fourth-order valence-corrected chi connectivity index (χ4v) is 4.05. The van der Waals surface area contributed by atoms with Gasteiger partial charge in [0.05, 0.1) is 15.7 Å². The summed E-state index contributed by atoms with van der Waals surface area (Å²) in [4.78, 5) is 39.1. The lowest BCUT2D eigenvalue weighted by Gasteiger charge is -2.19. The van der Waals surface area contributed by atoms with Crippen LogP contribution in [0.3, 0.4) is 0 Å². The molecule has 0 bridgehead atoms. The predicted molar refractivity (Wildman–Crippen MR) is 135 cm³/mol. The molecule has 1 amide bonds. The van der Waals surface area contributed by atoms with E-state index in [1.807, 2.05) is 30.3 Å². The van der Waals surface area contributed by atoms with E-state index in [9.17, 15) is 14.4 Å². The Kier molecular flexibility index (Phi) is 6.72. The number of nitrogens with one attached hydrogen (secondary N) is 1. The third kappa shape index (κ3) is 4.42. The maximum atomic E-state index is 13.3. The number of rotatable bonds is 5. The smallest absolute Gasteiger partial charge is 0.356 e. The minimum absolute atomic E-state index is 0.0512. The van der Waals surface area contributed by atoms with Crippen molar-refractivity contribution < 1.29 is 14.3 Å². The van der Waals surface area contributed by atoms with Gasteiger partial charge in [0, 0.05) is 18.0 Å². The Bertz CT molecular complexity index is 1470. The summed E-state index contributed by atoms with van der Waals surface area (Å²) in [6, 6.07) is 21.1. The van der Waals surface area contributed by atoms with Gasteiger partial charge in [-0.25, -0.2) is 4.79 Å². The lowest BCUT2D eigenvalue weighted by atomic mass is 9.97. The first kappa shape index (κ1) is 23.5. The highest BCUT2D eigenvalue weighted by Crippen LogP contribution is 2.32. The summed E-state index contributed by atoms with van der Waals surface area (Å²) in [5.74, 6) is -1.39. The molecule has 0 spiro atoms. The number of hydrogen-bond acceptors (Lipinski definition) is 4. The molecule has 0 radical (unpaired) electrons. The maximum Gasteiger partial charge on any atom is 0.356 e. The van der Waals surface area contributed by atoms with Crippen LogP contribution in [0, 0.1) is 0 Å². The molecule has 3 aromatic carbocycles. The summed E-state index contributed by atoms with van der Waals surface area (Å²) in [6.45, 7) is 1.44. The van der Waals surface area contributed by atoms with Crippen LogP contribution in [0.15, 0.2) is 77.6 Å². The van der Waals surface area contributed by atoms with Crippen molar-refractivity contribution in [3.63, 3.8) is 0 Å². The van der Waals surface area contributed by atoms with E-state index >= 15 is 0 Å². The molecular weight excluding hydrogens is 475 g/mol. The summed E-state index contributed by atoms with van der Waals surface area (Å²) in [7, 11) is 1.51. The molecule has 34 heavy (non-hydrogen) atoms. The highest BCUT2D eigenvalue weighted by Gasteiger charge is 2.26. The molecule has 6 nitrogen and oxygen atoms in total. The van der Waals surface area contributed by atoms with Crippen LogP contribution < -0.4 is 10.9 Å². The first-order valence-electron chi connectivity index (χ1n) is 10.4. The number of nitrogens with zero attached hydrogens (tertiary/aromatic N) is 1. The van der Waals surface area contributed by atoms with Gasteiger partial charge in [-0.05, 0) is 36.1 Å². The van der Waals surface area contributed by atoms with Gasteiger partial charge in [-0.2, -0.15) is 0 Å². The zero-order valence-electron chi connectivity index (χ0n) is 18.3.